The highest BCUT2D eigenvalue weighted by atomic mass is 35.5. The quantitative estimate of drug-likeness (QED) is 0.703. The second-order valence-corrected chi connectivity index (χ2v) is 6.56. The Morgan fingerprint density at radius 3 is 2.62 bits per heavy atom. The first-order valence-corrected chi connectivity index (χ1v) is 8.23. The maximum absolute atomic E-state index is 6.34. The first-order valence-electron chi connectivity index (χ1n) is 7.09. The molecule has 1 aliphatic heterocycles. The van der Waals surface area contributed by atoms with Gasteiger partial charge in [-0.05, 0) is 52.4 Å². The minimum atomic E-state index is -0.198. The first kappa shape index (κ1) is 15.4. The van der Waals surface area contributed by atoms with Gasteiger partial charge in [-0.2, -0.15) is 4.68 Å². The van der Waals surface area contributed by atoms with Crippen LogP contribution >= 0.6 is 34.8 Å². The highest BCUT2D eigenvalue weighted by Gasteiger charge is 2.25. The van der Waals surface area contributed by atoms with Gasteiger partial charge in [0.05, 0.1) is 5.02 Å². The van der Waals surface area contributed by atoms with E-state index in [0.717, 1.165) is 16.8 Å². The van der Waals surface area contributed by atoms with E-state index in [1.807, 2.05) is 36.4 Å². The van der Waals surface area contributed by atoms with Crippen molar-refractivity contribution in [3.05, 3.63) is 74.7 Å². The molecule has 1 aliphatic rings. The van der Waals surface area contributed by atoms with Crippen molar-refractivity contribution >= 4 is 46.4 Å². The maximum atomic E-state index is 6.34. The summed E-state index contributed by atoms with van der Waals surface area (Å²) >= 11 is 18.5. The van der Waals surface area contributed by atoms with E-state index in [9.17, 15) is 0 Å². The fourth-order valence-corrected chi connectivity index (χ4v) is 3.36. The molecule has 0 saturated carbocycles. The Morgan fingerprint density at radius 2 is 1.83 bits per heavy atom. The summed E-state index contributed by atoms with van der Waals surface area (Å²) in [5, 5.41) is 16.8. The predicted molar refractivity (Wildman–Crippen MR) is 95.5 cm³/mol. The van der Waals surface area contributed by atoms with E-state index in [1.165, 1.54) is 0 Å². The van der Waals surface area contributed by atoms with Gasteiger partial charge in [-0.3, -0.25) is 0 Å². The molecule has 1 atom stereocenters. The van der Waals surface area contributed by atoms with Crippen LogP contribution in [0.2, 0.25) is 15.1 Å². The number of fused-ring (bicyclic) bond motifs is 1. The number of halogens is 3. The van der Waals surface area contributed by atoms with Gasteiger partial charge in [0.1, 0.15) is 6.04 Å². The molecule has 0 saturated heterocycles. The summed E-state index contributed by atoms with van der Waals surface area (Å²) in [5.74, 6) is 0.531. The van der Waals surface area contributed by atoms with E-state index in [0.29, 0.717) is 21.0 Å². The van der Waals surface area contributed by atoms with Gasteiger partial charge in [0.2, 0.25) is 5.95 Å². The molecule has 0 bridgehead atoms. The first-order chi connectivity index (χ1) is 11.6. The van der Waals surface area contributed by atoms with Gasteiger partial charge in [-0.15, -0.1) is 0 Å². The van der Waals surface area contributed by atoms with E-state index in [-0.39, 0.29) is 6.04 Å². The summed E-state index contributed by atoms with van der Waals surface area (Å²) in [4.78, 5) is 0. The number of aromatic nitrogens is 4. The molecule has 3 aromatic rings. The van der Waals surface area contributed by atoms with Crippen LogP contribution in [0.3, 0.4) is 0 Å². The van der Waals surface area contributed by atoms with E-state index < -0.39 is 0 Å². The smallest absolute Gasteiger partial charge is 0.248 e. The number of rotatable bonds is 2. The van der Waals surface area contributed by atoms with E-state index in [1.54, 1.807) is 16.8 Å². The molecule has 24 heavy (non-hydrogen) atoms. The lowest BCUT2D eigenvalue weighted by Gasteiger charge is -2.24. The van der Waals surface area contributed by atoms with Gasteiger partial charge in [0.15, 0.2) is 0 Å². The fraction of sp³-hybridized carbons (Fsp3) is 0.0625. The molecule has 0 radical (unpaired) electrons. The topological polar surface area (TPSA) is 55.6 Å². The van der Waals surface area contributed by atoms with Crippen LogP contribution in [0.5, 0.6) is 0 Å². The van der Waals surface area contributed by atoms with Crippen LogP contribution in [0.4, 0.5) is 5.95 Å². The lowest BCUT2D eigenvalue weighted by molar-refractivity contribution is 0.586. The van der Waals surface area contributed by atoms with Crippen LogP contribution in [0.25, 0.3) is 5.70 Å². The van der Waals surface area contributed by atoms with Crippen molar-refractivity contribution in [3.63, 3.8) is 0 Å². The third-order valence-corrected chi connectivity index (χ3v) is 4.52. The monoisotopic (exact) mass is 377 g/mol. The molecule has 5 nitrogen and oxygen atoms in total. The van der Waals surface area contributed by atoms with E-state index >= 15 is 0 Å². The van der Waals surface area contributed by atoms with Crippen molar-refractivity contribution in [3.8, 4) is 0 Å². The van der Waals surface area contributed by atoms with Gasteiger partial charge < -0.3 is 5.32 Å². The Balaban J connectivity index is 1.84. The second-order valence-electron chi connectivity index (χ2n) is 5.28. The van der Waals surface area contributed by atoms with Crippen molar-refractivity contribution in [2.45, 2.75) is 6.04 Å². The van der Waals surface area contributed by atoms with Crippen LogP contribution in [0.1, 0.15) is 17.2 Å². The van der Waals surface area contributed by atoms with Crippen molar-refractivity contribution in [1.82, 2.24) is 20.2 Å². The zero-order valence-corrected chi connectivity index (χ0v) is 14.4. The van der Waals surface area contributed by atoms with E-state index in [4.69, 9.17) is 34.8 Å². The lowest BCUT2D eigenvalue weighted by Crippen LogP contribution is -2.20. The molecular weight excluding hydrogens is 369 g/mol. The molecule has 4 rings (SSSR count). The highest BCUT2D eigenvalue weighted by Crippen LogP contribution is 2.35. The number of tetrazole rings is 1. The normalized spacial score (nSPS) is 16.3. The summed E-state index contributed by atoms with van der Waals surface area (Å²) < 4.78 is 1.69. The van der Waals surface area contributed by atoms with Gasteiger partial charge in [0, 0.05) is 21.3 Å². The Labute approximate surface area is 152 Å². The maximum Gasteiger partial charge on any atom is 0.248 e. The molecule has 8 heteroatoms. The molecule has 0 amide bonds. The lowest BCUT2D eigenvalue weighted by atomic mass is 10.0. The van der Waals surface area contributed by atoms with Gasteiger partial charge in [-0.25, -0.2) is 0 Å². The van der Waals surface area contributed by atoms with E-state index in [2.05, 4.69) is 20.8 Å². The number of hydrogen-bond acceptors (Lipinski definition) is 4. The van der Waals surface area contributed by atoms with Crippen molar-refractivity contribution in [1.29, 1.82) is 0 Å². The van der Waals surface area contributed by atoms with Gasteiger partial charge in [0.25, 0.3) is 0 Å². The Kier molecular flexibility index (Phi) is 3.92. The summed E-state index contributed by atoms with van der Waals surface area (Å²) in [5.41, 5.74) is 2.60. The summed E-state index contributed by atoms with van der Waals surface area (Å²) in [7, 11) is 0. The number of nitrogens with one attached hydrogen (secondary N) is 1. The SMILES string of the molecule is Clc1cccc([C@H]2C=C(c3ccc(Cl)cc3Cl)Nc3nnnn32)c1. The van der Waals surface area contributed by atoms with Gasteiger partial charge in [-0.1, -0.05) is 52.0 Å². The zero-order valence-electron chi connectivity index (χ0n) is 12.1. The van der Waals surface area contributed by atoms with Crippen molar-refractivity contribution in [2.24, 2.45) is 0 Å². The molecule has 0 unspecified atom stereocenters. The third-order valence-electron chi connectivity index (χ3n) is 3.74. The number of benzene rings is 2. The summed E-state index contributed by atoms with van der Waals surface area (Å²) in [6.45, 7) is 0. The Hall–Kier alpha value is -2.08. The Bertz CT molecular complexity index is 950. The van der Waals surface area contributed by atoms with Crippen LogP contribution in [0.15, 0.2) is 48.5 Å². The summed E-state index contributed by atoms with van der Waals surface area (Å²) in [6, 6.07) is 12.7. The summed E-state index contributed by atoms with van der Waals surface area (Å²) in [6.07, 6.45) is 2.00. The predicted octanol–water partition coefficient (Wildman–Crippen LogP) is 4.69. The highest BCUT2D eigenvalue weighted by molar-refractivity contribution is 6.35. The molecule has 2 heterocycles. The van der Waals surface area contributed by atoms with Crippen LogP contribution in [-0.2, 0) is 0 Å². The number of nitrogens with zero attached hydrogens (tertiary/aromatic N) is 4. The average molecular weight is 379 g/mol. The molecule has 1 N–H and O–H groups in total. The fourth-order valence-electron chi connectivity index (χ4n) is 2.65. The van der Waals surface area contributed by atoms with Crippen molar-refractivity contribution in [2.75, 3.05) is 5.32 Å². The average Bonchev–Trinajstić information content (AvgIpc) is 3.02. The molecule has 0 spiro atoms. The minimum Gasteiger partial charge on any atom is -0.323 e. The number of allylic oxidation sites excluding steroid dienone is 1. The van der Waals surface area contributed by atoms with Crippen LogP contribution < -0.4 is 5.32 Å². The van der Waals surface area contributed by atoms with Crippen LogP contribution in [-0.4, -0.2) is 20.2 Å². The van der Waals surface area contributed by atoms with Crippen molar-refractivity contribution < 1.29 is 0 Å². The largest absolute Gasteiger partial charge is 0.323 e. The molecule has 2 aromatic carbocycles. The number of hydrogen-bond donors (Lipinski definition) is 1. The molecule has 0 fully saturated rings. The minimum absolute atomic E-state index is 0.198. The zero-order chi connectivity index (χ0) is 16.7. The molecule has 1 aromatic heterocycles. The number of anilines is 1. The second kappa shape index (κ2) is 6.09. The van der Waals surface area contributed by atoms with Crippen LogP contribution in [0, 0.1) is 0 Å². The van der Waals surface area contributed by atoms with Gasteiger partial charge >= 0.3 is 0 Å². The standard InChI is InChI=1S/C16H10Cl3N5/c17-10-3-1-2-9(6-10)15-8-14(20-16-21-22-23-24(15)16)12-5-4-11(18)7-13(12)19/h1-8,15H,(H,20,21,23)/t15-/m1/s1. The Morgan fingerprint density at radius 1 is 1.00 bits per heavy atom. The molecule has 120 valence electrons. The molecule has 0 aliphatic carbocycles. The molecular formula is C16H10Cl3N5. The third kappa shape index (κ3) is 2.75.